The van der Waals surface area contributed by atoms with E-state index < -0.39 is 17.7 Å². The molecule has 0 heterocycles. The molecule has 1 aromatic rings. The standard InChI is InChI=1S/C11H15F2NO2/c1-16-7-5-8(12)11(9(13)6-7)10(14)3-2-4-15/h5-6,10,15H,2-4,14H2,1H3/t10-/m0/s1. The first kappa shape index (κ1) is 12.9. The summed E-state index contributed by atoms with van der Waals surface area (Å²) in [6.45, 7) is -0.0485. The zero-order valence-corrected chi connectivity index (χ0v) is 9.04. The van der Waals surface area contributed by atoms with Gasteiger partial charge in [0, 0.05) is 30.3 Å². The molecule has 0 bridgehead atoms. The van der Waals surface area contributed by atoms with Gasteiger partial charge in [-0.05, 0) is 12.8 Å². The zero-order chi connectivity index (χ0) is 12.1. The number of rotatable bonds is 5. The molecule has 3 N–H and O–H groups in total. The number of aliphatic hydroxyl groups is 1. The Morgan fingerprint density at radius 1 is 1.38 bits per heavy atom. The van der Waals surface area contributed by atoms with Crippen LogP contribution in [0.15, 0.2) is 12.1 Å². The fourth-order valence-electron chi connectivity index (χ4n) is 1.49. The number of halogens is 2. The van der Waals surface area contributed by atoms with Crippen LogP contribution in [0.1, 0.15) is 24.4 Å². The first-order chi connectivity index (χ1) is 7.60. The molecule has 3 nitrogen and oxygen atoms in total. The normalized spacial score (nSPS) is 12.6. The second kappa shape index (κ2) is 5.77. The Bertz CT molecular complexity index is 335. The average molecular weight is 231 g/mol. The van der Waals surface area contributed by atoms with Gasteiger partial charge in [0.15, 0.2) is 0 Å². The maximum atomic E-state index is 13.5. The fraction of sp³-hybridized carbons (Fsp3) is 0.455. The van der Waals surface area contributed by atoms with Crippen molar-refractivity contribution in [2.75, 3.05) is 13.7 Å². The van der Waals surface area contributed by atoms with E-state index in [-0.39, 0.29) is 17.9 Å². The maximum absolute atomic E-state index is 13.5. The van der Waals surface area contributed by atoms with Gasteiger partial charge in [0.25, 0.3) is 0 Å². The molecule has 0 radical (unpaired) electrons. The molecule has 0 spiro atoms. The number of methoxy groups -OCH3 is 1. The molecule has 1 atom stereocenters. The highest BCUT2D eigenvalue weighted by molar-refractivity contribution is 5.32. The first-order valence-corrected chi connectivity index (χ1v) is 4.99. The molecule has 0 aliphatic rings. The zero-order valence-electron chi connectivity index (χ0n) is 9.04. The smallest absolute Gasteiger partial charge is 0.134 e. The Hall–Kier alpha value is -1.20. The van der Waals surface area contributed by atoms with Crippen molar-refractivity contribution in [3.8, 4) is 5.75 Å². The average Bonchev–Trinajstić information content (AvgIpc) is 2.25. The lowest BCUT2D eigenvalue weighted by atomic mass is 10.0. The molecule has 1 rings (SSSR count). The van der Waals surface area contributed by atoms with Crippen molar-refractivity contribution in [3.63, 3.8) is 0 Å². The molecule has 1 aromatic carbocycles. The van der Waals surface area contributed by atoms with Crippen molar-refractivity contribution in [1.82, 2.24) is 0 Å². The highest BCUT2D eigenvalue weighted by Gasteiger charge is 2.17. The molecule has 0 saturated heterocycles. The van der Waals surface area contributed by atoms with Crippen LogP contribution in [0.25, 0.3) is 0 Å². The van der Waals surface area contributed by atoms with Crippen molar-refractivity contribution in [2.24, 2.45) is 5.73 Å². The molecule has 0 amide bonds. The Morgan fingerprint density at radius 3 is 2.38 bits per heavy atom. The minimum absolute atomic E-state index is 0.0485. The Kier molecular flexibility index (Phi) is 4.64. The topological polar surface area (TPSA) is 55.5 Å². The summed E-state index contributed by atoms with van der Waals surface area (Å²) in [5.74, 6) is -1.32. The maximum Gasteiger partial charge on any atom is 0.134 e. The van der Waals surface area contributed by atoms with Gasteiger partial charge in [-0.2, -0.15) is 0 Å². The quantitative estimate of drug-likeness (QED) is 0.811. The third-order valence-electron chi connectivity index (χ3n) is 2.33. The molecule has 16 heavy (non-hydrogen) atoms. The lowest BCUT2D eigenvalue weighted by Crippen LogP contribution is -2.15. The molecular formula is C11H15F2NO2. The fourth-order valence-corrected chi connectivity index (χ4v) is 1.49. The van der Waals surface area contributed by atoms with E-state index in [2.05, 4.69) is 0 Å². The highest BCUT2D eigenvalue weighted by atomic mass is 19.1. The number of ether oxygens (including phenoxy) is 1. The third-order valence-corrected chi connectivity index (χ3v) is 2.33. The van der Waals surface area contributed by atoms with Gasteiger partial charge in [-0.25, -0.2) is 8.78 Å². The molecule has 0 saturated carbocycles. The highest BCUT2D eigenvalue weighted by Crippen LogP contribution is 2.26. The number of hydrogen-bond donors (Lipinski definition) is 2. The van der Waals surface area contributed by atoms with Gasteiger partial charge in [0.2, 0.25) is 0 Å². The lowest BCUT2D eigenvalue weighted by Gasteiger charge is -2.14. The van der Waals surface area contributed by atoms with Crippen molar-refractivity contribution in [1.29, 1.82) is 0 Å². The summed E-state index contributed by atoms with van der Waals surface area (Å²) in [6, 6.07) is 1.44. The van der Waals surface area contributed by atoms with Crippen molar-refractivity contribution >= 4 is 0 Å². The van der Waals surface area contributed by atoms with Gasteiger partial charge in [0.1, 0.15) is 17.4 Å². The number of aliphatic hydroxyl groups excluding tert-OH is 1. The van der Waals surface area contributed by atoms with Crippen LogP contribution >= 0.6 is 0 Å². The number of nitrogens with two attached hydrogens (primary N) is 1. The number of hydrogen-bond acceptors (Lipinski definition) is 3. The van der Waals surface area contributed by atoms with Crippen molar-refractivity contribution in [2.45, 2.75) is 18.9 Å². The van der Waals surface area contributed by atoms with Gasteiger partial charge in [-0.15, -0.1) is 0 Å². The molecule has 0 unspecified atom stereocenters. The van der Waals surface area contributed by atoms with Crippen LogP contribution in [0.3, 0.4) is 0 Å². The van der Waals surface area contributed by atoms with E-state index in [4.69, 9.17) is 15.6 Å². The number of benzene rings is 1. The first-order valence-electron chi connectivity index (χ1n) is 4.99. The Labute approximate surface area is 92.8 Å². The van der Waals surface area contributed by atoms with Crippen LogP contribution in [0.2, 0.25) is 0 Å². The Balaban J connectivity index is 2.95. The summed E-state index contributed by atoms with van der Waals surface area (Å²) in [4.78, 5) is 0. The Morgan fingerprint density at radius 2 is 1.94 bits per heavy atom. The molecule has 0 fully saturated rings. The molecule has 5 heteroatoms. The van der Waals surface area contributed by atoms with Crippen molar-refractivity contribution < 1.29 is 18.6 Å². The van der Waals surface area contributed by atoms with E-state index in [0.717, 1.165) is 12.1 Å². The van der Waals surface area contributed by atoms with E-state index in [1.54, 1.807) is 0 Å². The molecule has 0 aliphatic heterocycles. The van der Waals surface area contributed by atoms with E-state index in [0.29, 0.717) is 12.8 Å². The third kappa shape index (κ3) is 2.90. The minimum atomic E-state index is -0.752. The predicted octanol–water partition coefficient (Wildman–Crippen LogP) is 1.75. The van der Waals surface area contributed by atoms with Crippen molar-refractivity contribution in [3.05, 3.63) is 29.3 Å². The SMILES string of the molecule is COc1cc(F)c([C@@H](N)CCCO)c(F)c1. The lowest BCUT2D eigenvalue weighted by molar-refractivity contribution is 0.278. The van der Waals surface area contributed by atoms with Crippen LogP contribution in [-0.2, 0) is 0 Å². The second-order valence-electron chi connectivity index (χ2n) is 3.48. The van der Waals surface area contributed by atoms with Crippen LogP contribution in [0.4, 0.5) is 8.78 Å². The monoisotopic (exact) mass is 231 g/mol. The van der Waals surface area contributed by atoms with Crippen LogP contribution in [0.5, 0.6) is 5.75 Å². The summed E-state index contributed by atoms with van der Waals surface area (Å²) in [5, 5.41) is 8.62. The minimum Gasteiger partial charge on any atom is -0.497 e. The molecule has 0 aromatic heterocycles. The van der Waals surface area contributed by atoms with Gasteiger partial charge >= 0.3 is 0 Å². The summed E-state index contributed by atoms with van der Waals surface area (Å²) >= 11 is 0. The summed E-state index contributed by atoms with van der Waals surface area (Å²) < 4.78 is 31.8. The second-order valence-corrected chi connectivity index (χ2v) is 3.48. The van der Waals surface area contributed by atoms with E-state index in [9.17, 15) is 8.78 Å². The summed E-state index contributed by atoms with van der Waals surface area (Å²) in [6.07, 6.45) is 0.739. The van der Waals surface area contributed by atoms with Crippen LogP contribution in [0, 0.1) is 11.6 Å². The van der Waals surface area contributed by atoms with Crippen LogP contribution in [-0.4, -0.2) is 18.8 Å². The molecular weight excluding hydrogens is 216 g/mol. The summed E-state index contributed by atoms with van der Waals surface area (Å²) in [5.41, 5.74) is 5.48. The van der Waals surface area contributed by atoms with E-state index >= 15 is 0 Å². The van der Waals surface area contributed by atoms with Gasteiger partial charge < -0.3 is 15.6 Å². The van der Waals surface area contributed by atoms with Gasteiger partial charge in [-0.1, -0.05) is 0 Å². The molecule has 90 valence electrons. The van der Waals surface area contributed by atoms with Gasteiger partial charge in [-0.3, -0.25) is 0 Å². The molecule has 0 aliphatic carbocycles. The predicted molar refractivity (Wildman–Crippen MR) is 56.2 cm³/mol. The van der Waals surface area contributed by atoms with Crippen LogP contribution < -0.4 is 10.5 Å². The van der Waals surface area contributed by atoms with E-state index in [1.165, 1.54) is 7.11 Å². The largest absolute Gasteiger partial charge is 0.497 e. The summed E-state index contributed by atoms with van der Waals surface area (Å²) in [7, 11) is 1.33. The van der Waals surface area contributed by atoms with Gasteiger partial charge in [0.05, 0.1) is 7.11 Å². The van der Waals surface area contributed by atoms with E-state index in [1.807, 2.05) is 0 Å².